The van der Waals surface area contributed by atoms with Crippen LogP contribution in [-0.4, -0.2) is 43.7 Å². The fraction of sp³-hybridized carbons (Fsp3) is 0.214. The molecule has 5 aromatic rings. The summed E-state index contributed by atoms with van der Waals surface area (Å²) in [5.41, 5.74) is 0.529. The van der Waals surface area contributed by atoms with Crippen molar-refractivity contribution < 1.29 is 42.4 Å². The monoisotopic (exact) mass is 841 g/mol. The number of carbonyl (C=O) groups excluding carboxylic acids is 4. The number of nitrogens with one attached hydrogen (secondary N) is 1. The Morgan fingerprint density at radius 1 is 0.898 bits per heavy atom. The van der Waals surface area contributed by atoms with E-state index in [1.54, 1.807) is 66.7 Å². The van der Waals surface area contributed by atoms with Gasteiger partial charge in [0.1, 0.15) is 5.75 Å². The summed E-state index contributed by atoms with van der Waals surface area (Å²) in [6.07, 6.45) is -2.59. The second-order valence-corrected chi connectivity index (χ2v) is 15.8. The standard InChI is InChI=1S/C42H28Cl2F3N5O7/c43-23-8-6-21(7-9-23)41-31(38(55)51(40(41)57)49-36-32(44)17-22(19-48-36)42(45,46)47)18-30-27(34(41)29-14-5-20-3-1-2-4-26(20)35(29)53)15-16-28-33(30)39(56)50(37(28)54)24-10-12-25(13-11-24)52(58)59/h1-15,17,19,28,30-31,33-34,53H,16,18H2,(H,48,49)/t28-,30+,31-,33-,34+,41+/m0/s1. The van der Waals surface area contributed by atoms with Gasteiger partial charge in [-0.1, -0.05) is 83.4 Å². The first kappa shape index (κ1) is 38.2. The number of imide groups is 2. The number of nitro groups is 1. The molecule has 4 aliphatic rings. The topological polar surface area (TPSA) is 163 Å². The van der Waals surface area contributed by atoms with Gasteiger partial charge >= 0.3 is 6.18 Å². The number of phenols is 1. The maximum absolute atomic E-state index is 15.5. The van der Waals surface area contributed by atoms with Crippen molar-refractivity contribution in [2.45, 2.75) is 30.4 Å². The van der Waals surface area contributed by atoms with Crippen molar-refractivity contribution in [1.29, 1.82) is 0 Å². The highest BCUT2D eigenvalue weighted by Crippen LogP contribution is 2.65. The molecule has 0 radical (unpaired) electrons. The number of rotatable bonds is 6. The van der Waals surface area contributed by atoms with Crippen molar-refractivity contribution in [2.75, 3.05) is 10.3 Å². The number of phenolic OH excluding ortho intramolecular Hbond substituents is 1. The van der Waals surface area contributed by atoms with Crippen molar-refractivity contribution in [3.05, 3.63) is 146 Å². The Hall–Kier alpha value is -6.32. The van der Waals surface area contributed by atoms with E-state index in [0.717, 1.165) is 4.90 Å². The molecule has 1 saturated carbocycles. The molecule has 9 rings (SSSR count). The average Bonchev–Trinajstić information content (AvgIpc) is 3.59. The highest BCUT2D eigenvalue weighted by atomic mass is 35.5. The number of aromatic nitrogens is 1. The zero-order valence-electron chi connectivity index (χ0n) is 30.2. The van der Waals surface area contributed by atoms with Crippen LogP contribution in [0.5, 0.6) is 5.75 Å². The summed E-state index contributed by atoms with van der Waals surface area (Å²) in [6.45, 7) is 0. The van der Waals surface area contributed by atoms with Crippen LogP contribution in [0.3, 0.4) is 0 Å². The molecule has 12 nitrogen and oxygen atoms in total. The Morgan fingerprint density at radius 2 is 1.61 bits per heavy atom. The number of amides is 4. The van der Waals surface area contributed by atoms with Crippen molar-refractivity contribution >= 4 is 74.8 Å². The van der Waals surface area contributed by atoms with E-state index in [2.05, 4.69) is 10.4 Å². The van der Waals surface area contributed by atoms with E-state index in [-0.39, 0.29) is 35.5 Å². The molecule has 0 unspecified atom stereocenters. The number of halogens is 5. The Labute approximate surface area is 342 Å². The number of nitrogens with zero attached hydrogens (tertiary/aromatic N) is 4. The molecule has 4 aromatic carbocycles. The number of hydrogen-bond donors (Lipinski definition) is 2. The molecule has 298 valence electrons. The first-order valence-corrected chi connectivity index (χ1v) is 19.0. The van der Waals surface area contributed by atoms with Crippen molar-refractivity contribution in [3.8, 4) is 5.75 Å². The molecule has 1 aromatic heterocycles. The fourth-order valence-corrected chi connectivity index (χ4v) is 9.94. The van der Waals surface area contributed by atoms with Gasteiger partial charge in [-0.15, -0.1) is 0 Å². The van der Waals surface area contributed by atoms with Crippen LogP contribution in [0.2, 0.25) is 10.0 Å². The summed E-state index contributed by atoms with van der Waals surface area (Å²) in [5.74, 6) is -8.64. The van der Waals surface area contributed by atoms with Gasteiger partial charge in [0.2, 0.25) is 11.8 Å². The van der Waals surface area contributed by atoms with E-state index in [1.165, 1.54) is 24.3 Å². The fourth-order valence-electron chi connectivity index (χ4n) is 9.61. The Bertz CT molecular complexity index is 2690. The number of aromatic hydroxyl groups is 1. The Morgan fingerprint density at radius 3 is 2.29 bits per heavy atom. The molecular weight excluding hydrogens is 814 g/mol. The number of nitro benzene ring substituents is 1. The highest BCUT2D eigenvalue weighted by Gasteiger charge is 2.71. The lowest BCUT2D eigenvalue weighted by molar-refractivity contribution is -0.384. The summed E-state index contributed by atoms with van der Waals surface area (Å²) in [6, 6.07) is 22.3. The maximum Gasteiger partial charge on any atom is 0.417 e. The predicted octanol–water partition coefficient (Wildman–Crippen LogP) is 8.36. The number of non-ortho nitro benzene ring substituents is 1. The first-order chi connectivity index (χ1) is 28.1. The number of anilines is 2. The van der Waals surface area contributed by atoms with E-state index < -0.39 is 86.1 Å². The summed E-state index contributed by atoms with van der Waals surface area (Å²) < 4.78 is 40.6. The number of alkyl halides is 3. The van der Waals surface area contributed by atoms with Crippen LogP contribution in [0, 0.1) is 33.8 Å². The summed E-state index contributed by atoms with van der Waals surface area (Å²) in [5, 5.41) is 25.1. The highest BCUT2D eigenvalue weighted by molar-refractivity contribution is 6.33. The lowest BCUT2D eigenvalue weighted by Crippen LogP contribution is -2.53. The number of allylic oxidation sites excluding steroid dienone is 2. The predicted molar refractivity (Wildman–Crippen MR) is 208 cm³/mol. The van der Waals surface area contributed by atoms with Crippen molar-refractivity contribution in [3.63, 3.8) is 0 Å². The Kier molecular flexibility index (Phi) is 8.83. The second kappa shape index (κ2) is 13.6. The number of hydrogen-bond acceptors (Lipinski definition) is 9. The number of hydrazine groups is 1. The van der Waals surface area contributed by atoms with E-state index in [0.29, 0.717) is 44.2 Å². The minimum Gasteiger partial charge on any atom is -0.507 e. The molecule has 2 aliphatic carbocycles. The molecule has 17 heteroatoms. The molecule has 2 N–H and O–H groups in total. The van der Waals surface area contributed by atoms with E-state index in [9.17, 15) is 42.8 Å². The summed E-state index contributed by atoms with van der Waals surface area (Å²) >= 11 is 12.6. The minimum absolute atomic E-state index is 0.0476. The van der Waals surface area contributed by atoms with Crippen LogP contribution in [0.1, 0.15) is 35.4 Å². The minimum atomic E-state index is -4.79. The third-order valence-corrected chi connectivity index (χ3v) is 12.7. The number of pyridine rings is 1. The normalized spacial score (nSPS) is 25.2. The van der Waals surface area contributed by atoms with Gasteiger partial charge in [0.25, 0.3) is 17.5 Å². The van der Waals surface area contributed by atoms with Crippen LogP contribution < -0.4 is 10.3 Å². The van der Waals surface area contributed by atoms with Crippen molar-refractivity contribution in [1.82, 2.24) is 9.99 Å². The van der Waals surface area contributed by atoms with E-state index >= 15 is 4.79 Å². The SMILES string of the molecule is O=C1[C@@H]2C[C@@H]3C(=CC[C@@H]4C(=O)N(c5ccc([N+](=O)[O-])cc5)C(=O)[C@@H]43)[C@H](c3ccc4ccccc4c3O)[C@]2(c2ccc(Cl)cc2)C(=O)N1Nc1ncc(C(F)(F)F)cc1Cl. The van der Waals surface area contributed by atoms with Gasteiger partial charge in [0.05, 0.1) is 44.4 Å². The zero-order valence-corrected chi connectivity index (χ0v) is 31.7. The molecule has 4 amide bonds. The summed E-state index contributed by atoms with van der Waals surface area (Å²) in [4.78, 5) is 74.7. The van der Waals surface area contributed by atoms with Gasteiger partial charge in [-0.2, -0.15) is 18.2 Å². The molecule has 0 bridgehead atoms. The molecule has 6 atom stereocenters. The number of carbonyl (C=O) groups is 4. The van der Waals surface area contributed by atoms with E-state index in [4.69, 9.17) is 23.2 Å². The average molecular weight is 843 g/mol. The van der Waals surface area contributed by atoms with E-state index in [1.807, 2.05) is 0 Å². The van der Waals surface area contributed by atoms with Crippen molar-refractivity contribution in [2.24, 2.45) is 23.7 Å². The molecule has 3 heterocycles. The maximum atomic E-state index is 15.5. The zero-order chi connectivity index (χ0) is 41.7. The largest absolute Gasteiger partial charge is 0.507 e. The van der Waals surface area contributed by atoms with Crippen LogP contribution in [0.15, 0.2) is 109 Å². The van der Waals surface area contributed by atoms with Crippen LogP contribution in [0.4, 0.5) is 30.4 Å². The number of fused-ring (bicyclic) bond motifs is 5. The summed E-state index contributed by atoms with van der Waals surface area (Å²) in [7, 11) is 0. The molecule has 2 saturated heterocycles. The van der Waals surface area contributed by atoms with Gasteiger partial charge in [0, 0.05) is 40.2 Å². The van der Waals surface area contributed by atoms with Crippen LogP contribution >= 0.6 is 23.2 Å². The van der Waals surface area contributed by atoms with Crippen LogP contribution in [0.25, 0.3) is 10.8 Å². The van der Waals surface area contributed by atoms with Gasteiger partial charge in [0.15, 0.2) is 5.82 Å². The quantitative estimate of drug-likeness (QED) is 0.0740. The lowest BCUT2D eigenvalue weighted by atomic mass is 9.49. The third-order valence-electron chi connectivity index (χ3n) is 12.1. The molecular formula is C42H28Cl2F3N5O7. The van der Waals surface area contributed by atoms with Crippen LogP contribution in [-0.2, 0) is 30.8 Å². The first-order valence-electron chi connectivity index (χ1n) is 18.3. The van der Waals surface area contributed by atoms with Gasteiger partial charge in [-0.25, -0.2) is 4.98 Å². The lowest BCUT2D eigenvalue weighted by Gasteiger charge is -2.50. The third kappa shape index (κ3) is 5.69. The Balaban J connectivity index is 1.24. The molecule has 3 fully saturated rings. The van der Waals surface area contributed by atoms with Gasteiger partial charge < -0.3 is 5.11 Å². The van der Waals surface area contributed by atoms with Gasteiger partial charge in [-0.05, 0) is 60.0 Å². The molecule has 2 aliphatic heterocycles. The molecule has 0 spiro atoms. The second-order valence-electron chi connectivity index (χ2n) is 14.9. The number of benzene rings is 4. The van der Waals surface area contributed by atoms with Gasteiger partial charge in [-0.3, -0.25) is 39.6 Å². The smallest absolute Gasteiger partial charge is 0.417 e. The molecule has 59 heavy (non-hydrogen) atoms.